The lowest BCUT2D eigenvalue weighted by Crippen LogP contribution is -2.51. The number of aromatic nitrogens is 4. The predicted molar refractivity (Wildman–Crippen MR) is 210 cm³/mol. The summed E-state index contributed by atoms with van der Waals surface area (Å²) in [5.41, 5.74) is 3.25. The summed E-state index contributed by atoms with van der Waals surface area (Å²) in [5, 5.41) is 4.75. The minimum absolute atomic E-state index is 0.00593. The van der Waals surface area contributed by atoms with E-state index in [1.54, 1.807) is 17.3 Å². The molecule has 2 aliphatic rings. The minimum atomic E-state index is -0.692. The number of fused-ring (bicyclic) bond motifs is 1. The van der Waals surface area contributed by atoms with Crippen LogP contribution in [0.2, 0.25) is 0 Å². The summed E-state index contributed by atoms with van der Waals surface area (Å²) in [4.78, 5) is 70.5. The molecule has 0 bridgehead atoms. The number of carbonyl (C=O) groups is 4. The van der Waals surface area contributed by atoms with Gasteiger partial charge in [-0.3, -0.25) is 14.4 Å². The first kappa shape index (κ1) is 39.6. The van der Waals surface area contributed by atoms with E-state index in [2.05, 4.69) is 55.0 Å². The third-order valence-electron chi connectivity index (χ3n) is 10.6. The zero-order valence-corrected chi connectivity index (χ0v) is 32.8. The molecule has 4 atom stereocenters. The van der Waals surface area contributed by atoms with Crippen LogP contribution < -0.4 is 5.32 Å². The Bertz CT molecular complexity index is 2220. The first-order valence-electron chi connectivity index (χ1n) is 19.2. The number of likely N-dealkylation sites (tertiary alicyclic amines) is 2. The summed E-state index contributed by atoms with van der Waals surface area (Å²) in [5.74, 6) is 12.2. The number of imidazole rings is 2. The van der Waals surface area contributed by atoms with E-state index in [-0.39, 0.29) is 48.1 Å². The van der Waals surface area contributed by atoms with Gasteiger partial charge in [-0.25, -0.2) is 14.8 Å². The first-order valence-corrected chi connectivity index (χ1v) is 19.2. The second-order valence-corrected chi connectivity index (χ2v) is 15.0. The zero-order chi connectivity index (χ0) is 39.9. The van der Waals surface area contributed by atoms with Gasteiger partial charge in [-0.15, -0.1) is 0 Å². The zero-order valence-electron chi connectivity index (χ0n) is 32.8. The third-order valence-corrected chi connectivity index (χ3v) is 10.6. The lowest BCUT2D eigenvalue weighted by molar-refractivity contribution is -0.148. The average molecular weight is 760 g/mol. The van der Waals surface area contributed by atoms with Gasteiger partial charge in [0.05, 0.1) is 56.7 Å². The Kier molecular flexibility index (Phi) is 12.4. The Morgan fingerprint density at radius 2 is 1.45 bits per heavy atom. The predicted octanol–water partition coefficient (Wildman–Crippen LogP) is 5.90. The molecule has 4 aromatic rings. The van der Waals surface area contributed by atoms with Crippen LogP contribution in [0.15, 0.2) is 48.8 Å². The molecule has 6 rings (SSSR count). The van der Waals surface area contributed by atoms with Gasteiger partial charge in [-0.1, -0.05) is 51.8 Å². The van der Waals surface area contributed by atoms with Crippen molar-refractivity contribution in [2.75, 3.05) is 27.3 Å². The molecule has 0 radical (unpaired) electrons. The molecule has 0 spiro atoms. The first-order chi connectivity index (χ1) is 27.0. The van der Waals surface area contributed by atoms with Crippen LogP contribution in [0.4, 0.5) is 4.79 Å². The van der Waals surface area contributed by atoms with E-state index in [4.69, 9.17) is 9.47 Å². The topological polar surface area (TPSA) is 163 Å². The number of carbonyl (C=O) groups excluding carboxylic acids is 4. The number of nitrogens with zero attached hydrogens (tertiary/aromatic N) is 4. The number of methoxy groups -OCH3 is 2. The van der Waals surface area contributed by atoms with Crippen LogP contribution in [-0.4, -0.2) is 87.0 Å². The van der Waals surface area contributed by atoms with Crippen LogP contribution in [0.1, 0.15) is 94.8 Å². The normalized spacial score (nSPS) is 17.6. The van der Waals surface area contributed by atoms with Crippen molar-refractivity contribution in [2.24, 2.45) is 17.8 Å². The molecule has 2 fully saturated rings. The number of nitrogens with one attached hydrogen (secondary N) is 3. The summed E-state index contributed by atoms with van der Waals surface area (Å²) in [6.45, 7) is 8.88. The van der Waals surface area contributed by atoms with Gasteiger partial charge in [-0.05, 0) is 84.3 Å². The van der Waals surface area contributed by atoms with Crippen molar-refractivity contribution in [3.8, 4) is 34.9 Å². The van der Waals surface area contributed by atoms with Crippen LogP contribution in [0, 0.1) is 41.4 Å². The molecule has 0 saturated carbocycles. The standard InChI is InChI=1S/C43H49N7O6/c1-26(2)33(23-37(51)55-5)41(52)49-19-9-13-35(49)39-44-24-32(46-39)12-8-7-11-28-15-16-30-22-31(18-17-29(30)21-28)34-25-45-40(47-34)36-14-10-20-50(36)42(53)38(27(3)4)48-43(54)56-6/h15-18,21-22,24-27,33,35-36,38H,9-10,13-14,19-20,23H2,1-6H3,(H,44,46)(H,45,47)(H,48,54)/t33-,35-,36-,38-/m0/s1. The van der Waals surface area contributed by atoms with E-state index >= 15 is 0 Å². The number of hydrogen-bond acceptors (Lipinski definition) is 8. The van der Waals surface area contributed by atoms with Crippen molar-refractivity contribution < 1.29 is 28.7 Å². The van der Waals surface area contributed by atoms with Crippen molar-refractivity contribution in [2.45, 2.75) is 77.9 Å². The number of ether oxygens (including phenoxy) is 2. The van der Waals surface area contributed by atoms with Crippen molar-refractivity contribution in [3.05, 3.63) is 71.7 Å². The maximum Gasteiger partial charge on any atom is 0.407 e. The molecule has 2 aliphatic heterocycles. The van der Waals surface area contributed by atoms with Crippen molar-refractivity contribution >= 4 is 34.6 Å². The van der Waals surface area contributed by atoms with Crippen LogP contribution in [0.25, 0.3) is 22.0 Å². The fourth-order valence-electron chi connectivity index (χ4n) is 7.51. The molecule has 0 aliphatic carbocycles. The maximum atomic E-state index is 13.5. The summed E-state index contributed by atoms with van der Waals surface area (Å²) < 4.78 is 9.59. The molecule has 13 nitrogen and oxygen atoms in total. The van der Waals surface area contributed by atoms with E-state index in [0.717, 1.165) is 53.3 Å². The smallest absolute Gasteiger partial charge is 0.407 e. The van der Waals surface area contributed by atoms with E-state index in [1.807, 2.05) is 62.9 Å². The van der Waals surface area contributed by atoms with Gasteiger partial charge < -0.3 is 34.6 Å². The van der Waals surface area contributed by atoms with E-state index in [0.29, 0.717) is 30.4 Å². The number of benzene rings is 2. The Balaban J connectivity index is 1.10. The van der Waals surface area contributed by atoms with E-state index in [9.17, 15) is 19.2 Å². The van der Waals surface area contributed by atoms with Gasteiger partial charge in [0, 0.05) is 24.2 Å². The Morgan fingerprint density at radius 1 is 0.804 bits per heavy atom. The largest absolute Gasteiger partial charge is 0.469 e. The van der Waals surface area contributed by atoms with Crippen molar-refractivity contribution in [1.29, 1.82) is 0 Å². The van der Waals surface area contributed by atoms with Crippen LogP contribution in [-0.2, 0) is 23.9 Å². The highest BCUT2D eigenvalue weighted by Gasteiger charge is 2.39. The molecular formula is C43H49N7O6. The molecule has 2 saturated heterocycles. The van der Waals surface area contributed by atoms with Crippen LogP contribution >= 0.6 is 0 Å². The Hall–Kier alpha value is -6.08. The number of amides is 3. The summed E-state index contributed by atoms with van der Waals surface area (Å²) in [6, 6.07) is 11.1. The lowest BCUT2D eigenvalue weighted by atomic mass is 9.91. The quantitative estimate of drug-likeness (QED) is 0.133. The molecule has 0 unspecified atom stereocenters. The summed E-state index contributed by atoms with van der Waals surface area (Å²) in [7, 11) is 2.63. The van der Waals surface area contributed by atoms with Crippen LogP contribution in [0.5, 0.6) is 0 Å². The van der Waals surface area contributed by atoms with Gasteiger partial charge in [-0.2, -0.15) is 0 Å². The summed E-state index contributed by atoms with van der Waals surface area (Å²) in [6.07, 6.45) is 6.13. The highest BCUT2D eigenvalue weighted by molar-refractivity contribution is 5.88. The average Bonchev–Trinajstić information content (AvgIpc) is 4.03. The highest BCUT2D eigenvalue weighted by Crippen LogP contribution is 2.35. The fourth-order valence-corrected chi connectivity index (χ4v) is 7.51. The van der Waals surface area contributed by atoms with E-state index < -0.39 is 18.1 Å². The number of hydrogen-bond donors (Lipinski definition) is 3. The maximum absolute atomic E-state index is 13.5. The summed E-state index contributed by atoms with van der Waals surface area (Å²) >= 11 is 0. The third kappa shape index (κ3) is 8.89. The highest BCUT2D eigenvalue weighted by atomic mass is 16.5. The number of esters is 1. The molecule has 56 heavy (non-hydrogen) atoms. The van der Waals surface area contributed by atoms with Crippen molar-refractivity contribution in [1.82, 2.24) is 35.1 Å². The SMILES string of the molecule is COC(=O)C[C@H](C(=O)N1CCC[C@H]1c1ncc(C#CC#Cc2ccc3cc(-c4cnc([C@@H]5CCCN5C(=O)[C@@H](NC(=O)OC)C(C)C)[nH]4)ccc3c2)[nH]1)C(C)C. The molecule has 292 valence electrons. The van der Waals surface area contributed by atoms with Crippen molar-refractivity contribution in [3.63, 3.8) is 0 Å². The number of rotatable bonds is 10. The molecule has 13 heteroatoms. The van der Waals surface area contributed by atoms with E-state index in [1.165, 1.54) is 14.2 Å². The minimum Gasteiger partial charge on any atom is -0.469 e. The molecule has 3 amide bonds. The Morgan fingerprint density at radius 3 is 2.12 bits per heavy atom. The number of aromatic amines is 2. The van der Waals surface area contributed by atoms with Gasteiger partial charge in [0.2, 0.25) is 11.8 Å². The van der Waals surface area contributed by atoms with Gasteiger partial charge in [0.1, 0.15) is 23.4 Å². The lowest BCUT2D eigenvalue weighted by Gasteiger charge is -2.30. The fraction of sp³-hybridized carbons (Fsp3) is 0.442. The molecule has 2 aromatic carbocycles. The van der Waals surface area contributed by atoms with Crippen LogP contribution in [0.3, 0.4) is 0 Å². The monoisotopic (exact) mass is 759 g/mol. The molecule has 2 aromatic heterocycles. The molecule has 3 N–H and O–H groups in total. The molecule has 4 heterocycles. The van der Waals surface area contributed by atoms with Gasteiger partial charge >= 0.3 is 12.1 Å². The second kappa shape index (κ2) is 17.6. The molecular weight excluding hydrogens is 711 g/mol. The Labute approximate surface area is 327 Å². The number of H-pyrrole nitrogens is 2. The van der Waals surface area contributed by atoms with Gasteiger partial charge in [0.25, 0.3) is 0 Å². The van der Waals surface area contributed by atoms with Gasteiger partial charge in [0.15, 0.2) is 0 Å². The second-order valence-electron chi connectivity index (χ2n) is 15.0. The number of alkyl carbamates (subject to hydrolysis) is 1.